The fourth-order valence-electron chi connectivity index (χ4n) is 0.957. The van der Waals surface area contributed by atoms with E-state index in [1.807, 2.05) is 0 Å². The van der Waals surface area contributed by atoms with Crippen molar-refractivity contribution in [3.8, 4) is 5.88 Å². The van der Waals surface area contributed by atoms with E-state index >= 15 is 0 Å². The highest BCUT2D eigenvalue weighted by atomic mass is 35.7. The predicted molar refractivity (Wildman–Crippen MR) is 52.4 cm³/mol. The van der Waals surface area contributed by atoms with Gasteiger partial charge in [0.2, 0.25) is 0 Å². The van der Waals surface area contributed by atoms with E-state index in [0.29, 0.717) is 6.54 Å². The van der Waals surface area contributed by atoms with Crippen LogP contribution in [0.25, 0.3) is 0 Å². The molecule has 0 aliphatic carbocycles. The topological polar surface area (TPSA) is 61.2 Å². The van der Waals surface area contributed by atoms with Gasteiger partial charge in [0.15, 0.2) is 11.5 Å². The first-order valence-electron chi connectivity index (χ1n) is 4.27. The maximum absolute atomic E-state index is 11.9. The van der Waals surface area contributed by atoms with E-state index in [4.69, 9.17) is 10.7 Å². The lowest BCUT2D eigenvalue weighted by Crippen LogP contribution is -2.09. The third kappa shape index (κ3) is 3.31. The van der Waals surface area contributed by atoms with Crippen LogP contribution in [-0.2, 0) is 15.6 Å². The average molecular weight is 275 g/mol. The largest absolute Gasteiger partial charge is 0.470 e. The molecule has 0 saturated carbocycles. The predicted octanol–water partition coefficient (Wildman–Crippen LogP) is 1.47. The summed E-state index contributed by atoms with van der Waals surface area (Å²) in [5, 5.41) is 3.66. The molecule has 0 spiro atoms. The van der Waals surface area contributed by atoms with Crippen molar-refractivity contribution >= 4 is 19.7 Å². The Hall–Kier alpha value is -0.890. The molecule has 0 atom stereocenters. The van der Waals surface area contributed by atoms with Gasteiger partial charge in [-0.05, 0) is 6.92 Å². The minimum atomic E-state index is -4.05. The number of alkyl halides is 2. The lowest BCUT2D eigenvalue weighted by atomic mass is 10.6. The Morgan fingerprint density at radius 3 is 2.69 bits per heavy atom. The zero-order chi connectivity index (χ0) is 12.3. The molecule has 1 heterocycles. The number of rotatable bonds is 5. The van der Waals surface area contributed by atoms with Gasteiger partial charge in [0, 0.05) is 23.4 Å². The molecule has 0 bridgehead atoms. The van der Waals surface area contributed by atoms with E-state index in [0.717, 1.165) is 6.20 Å². The number of aromatic nitrogens is 2. The molecule has 92 valence electrons. The van der Waals surface area contributed by atoms with Crippen LogP contribution in [0.4, 0.5) is 8.78 Å². The molecule has 0 fully saturated rings. The Morgan fingerprint density at radius 2 is 2.25 bits per heavy atom. The monoisotopic (exact) mass is 274 g/mol. The van der Waals surface area contributed by atoms with Gasteiger partial charge in [0.05, 0.1) is 0 Å². The zero-order valence-corrected chi connectivity index (χ0v) is 9.80. The highest BCUT2D eigenvalue weighted by molar-refractivity contribution is 8.13. The summed E-state index contributed by atoms with van der Waals surface area (Å²) in [6, 6.07) is 0. The van der Waals surface area contributed by atoms with Gasteiger partial charge in [0.25, 0.3) is 21.4 Å². The molecular formula is C7H9ClF2N2O3S. The van der Waals surface area contributed by atoms with Crippen LogP contribution in [0.5, 0.6) is 5.88 Å². The molecule has 1 aromatic rings. The Kier molecular flexibility index (Phi) is 4.09. The lowest BCUT2D eigenvalue weighted by Gasteiger charge is -2.02. The van der Waals surface area contributed by atoms with Crippen molar-refractivity contribution in [2.75, 3.05) is 6.61 Å². The molecule has 0 radical (unpaired) electrons. The molecular weight excluding hydrogens is 266 g/mol. The molecule has 0 saturated heterocycles. The summed E-state index contributed by atoms with van der Waals surface area (Å²) in [4.78, 5) is -0.406. The van der Waals surface area contributed by atoms with Crippen LogP contribution < -0.4 is 4.74 Å². The van der Waals surface area contributed by atoms with Crippen LogP contribution >= 0.6 is 10.7 Å². The lowest BCUT2D eigenvalue weighted by molar-refractivity contribution is 0.0777. The summed E-state index contributed by atoms with van der Waals surface area (Å²) in [5.41, 5.74) is 0. The highest BCUT2D eigenvalue weighted by Crippen LogP contribution is 2.25. The number of ether oxygens (including phenoxy) is 1. The zero-order valence-electron chi connectivity index (χ0n) is 8.23. The first-order chi connectivity index (χ1) is 7.34. The standard InChI is InChI=1S/C7H9ClF2N2O3S/c1-2-12-3-5(16(8,13)14)7(11-12)15-4-6(9)10/h3,6H,2,4H2,1H3. The smallest absolute Gasteiger partial charge is 0.272 e. The minimum Gasteiger partial charge on any atom is -0.470 e. The third-order valence-electron chi connectivity index (χ3n) is 1.63. The van der Waals surface area contributed by atoms with Crippen molar-refractivity contribution in [1.29, 1.82) is 0 Å². The summed E-state index contributed by atoms with van der Waals surface area (Å²) in [6.07, 6.45) is -1.58. The third-order valence-corrected chi connectivity index (χ3v) is 2.93. The van der Waals surface area contributed by atoms with Crippen LogP contribution in [-0.4, -0.2) is 31.2 Å². The number of aryl methyl sites for hydroxylation is 1. The SMILES string of the molecule is CCn1cc(S(=O)(=O)Cl)c(OCC(F)F)n1. The van der Waals surface area contributed by atoms with Crippen LogP contribution in [0.2, 0.25) is 0 Å². The molecule has 0 unspecified atom stereocenters. The molecule has 1 aromatic heterocycles. The molecule has 1 rings (SSSR count). The van der Waals surface area contributed by atoms with Crippen LogP contribution in [0.3, 0.4) is 0 Å². The fraction of sp³-hybridized carbons (Fsp3) is 0.571. The summed E-state index contributed by atoms with van der Waals surface area (Å²) in [5.74, 6) is -0.405. The number of hydrogen-bond acceptors (Lipinski definition) is 4. The van der Waals surface area contributed by atoms with Gasteiger partial charge in [-0.3, -0.25) is 4.68 Å². The van der Waals surface area contributed by atoms with E-state index < -0.39 is 32.9 Å². The van der Waals surface area contributed by atoms with Gasteiger partial charge in [0.1, 0.15) is 0 Å². The fourth-order valence-corrected chi connectivity index (χ4v) is 1.83. The Labute approximate surface area is 95.4 Å². The second kappa shape index (κ2) is 4.96. The van der Waals surface area contributed by atoms with Gasteiger partial charge in [-0.15, -0.1) is 5.10 Å². The van der Waals surface area contributed by atoms with E-state index in [9.17, 15) is 17.2 Å². The van der Waals surface area contributed by atoms with E-state index in [1.54, 1.807) is 6.92 Å². The molecule has 0 N–H and O–H groups in total. The second-order valence-corrected chi connectivity index (χ2v) is 5.33. The van der Waals surface area contributed by atoms with E-state index in [-0.39, 0.29) is 0 Å². The number of nitrogens with zero attached hydrogens (tertiary/aromatic N) is 2. The second-order valence-electron chi connectivity index (χ2n) is 2.79. The molecule has 0 aliphatic rings. The Morgan fingerprint density at radius 1 is 1.62 bits per heavy atom. The minimum absolute atomic E-state index is 0.372. The molecule has 0 amide bonds. The van der Waals surface area contributed by atoms with Crippen molar-refractivity contribution < 1.29 is 21.9 Å². The van der Waals surface area contributed by atoms with Crippen molar-refractivity contribution in [2.24, 2.45) is 0 Å². The first kappa shape index (κ1) is 13.2. The summed E-state index contributed by atoms with van der Waals surface area (Å²) < 4.78 is 51.7. The maximum Gasteiger partial charge on any atom is 0.272 e. The number of halogens is 3. The van der Waals surface area contributed by atoms with Crippen LogP contribution in [0.15, 0.2) is 11.1 Å². The number of hydrogen-bond donors (Lipinski definition) is 0. The van der Waals surface area contributed by atoms with E-state index in [2.05, 4.69) is 9.84 Å². The normalized spacial score (nSPS) is 12.1. The van der Waals surface area contributed by atoms with Gasteiger partial charge in [-0.1, -0.05) is 0 Å². The maximum atomic E-state index is 11.9. The average Bonchev–Trinajstić information content (AvgIpc) is 2.57. The quantitative estimate of drug-likeness (QED) is 0.763. The Balaban J connectivity index is 3.02. The van der Waals surface area contributed by atoms with Crippen molar-refractivity contribution in [2.45, 2.75) is 24.8 Å². The van der Waals surface area contributed by atoms with Gasteiger partial charge in [-0.25, -0.2) is 17.2 Å². The molecule has 0 aliphatic heterocycles. The summed E-state index contributed by atoms with van der Waals surface area (Å²) >= 11 is 0. The molecule has 0 aromatic carbocycles. The van der Waals surface area contributed by atoms with Gasteiger partial charge in [-0.2, -0.15) is 0 Å². The van der Waals surface area contributed by atoms with Crippen molar-refractivity contribution in [1.82, 2.24) is 9.78 Å². The summed E-state index contributed by atoms with van der Waals surface area (Å²) in [7, 11) is 1.05. The van der Waals surface area contributed by atoms with E-state index in [1.165, 1.54) is 4.68 Å². The summed E-state index contributed by atoms with van der Waals surface area (Å²) in [6.45, 7) is 1.14. The van der Waals surface area contributed by atoms with Crippen molar-refractivity contribution in [3.05, 3.63) is 6.20 Å². The van der Waals surface area contributed by atoms with Crippen molar-refractivity contribution in [3.63, 3.8) is 0 Å². The van der Waals surface area contributed by atoms with Crippen LogP contribution in [0, 0.1) is 0 Å². The molecule has 5 nitrogen and oxygen atoms in total. The first-order valence-corrected chi connectivity index (χ1v) is 6.58. The molecule has 16 heavy (non-hydrogen) atoms. The van der Waals surface area contributed by atoms with Crippen LogP contribution in [0.1, 0.15) is 6.92 Å². The van der Waals surface area contributed by atoms with Gasteiger partial charge >= 0.3 is 0 Å². The van der Waals surface area contributed by atoms with Gasteiger partial charge < -0.3 is 4.74 Å². The Bertz CT molecular complexity index is 460. The highest BCUT2D eigenvalue weighted by Gasteiger charge is 2.22. The molecule has 9 heteroatoms.